The van der Waals surface area contributed by atoms with Crippen LogP contribution in [0.3, 0.4) is 0 Å². The second-order valence-corrected chi connectivity index (χ2v) is 8.81. The number of halogens is 1. The van der Waals surface area contributed by atoms with Crippen molar-refractivity contribution in [3.05, 3.63) is 70.1 Å². The van der Waals surface area contributed by atoms with E-state index in [1.54, 1.807) is 17.3 Å². The van der Waals surface area contributed by atoms with Crippen LogP contribution in [0.1, 0.15) is 24.0 Å². The molecule has 2 aliphatic rings. The Labute approximate surface area is 177 Å². The number of anilines is 1. The van der Waals surface area contributed by atoms with Crippen molar-refractivity contribution in [2.45, 2.75) is 24.1 Å². The van der Waals surface area contributed by atoms with Crippen molar-refractivity contribution in [1.29, 1.82) is 0 Å². The van der Waals surface area contributed by atoms with Gasteiger partial charge < -0.3 is 21.7 Å². The third-order valence-electron chi connectivity index (χ3n) is 5.47. The Morgan fingerprint density at radius 1 is 1.33 bits per heavy atom. The van der Waals surface area contributed by atoms with Crippen LogP contribution >= 0.6 is 11.8 Å². The van der Waals surface area contributed by atoms with Crippen molar-refractivity contribution in [2.24, 2.45) is 5.73 Å². The molecule has 1 aromatic heterocycles. The summed E-state index contributed by atoms with van der Waals surface area (Å²) < 4.78 is 12.7. The van der Waals surface area contributed by atoms with Crippen molar-refractivity contribution in [3.63, 3.8) is 0 Å². The van der Waals surface area contributed by atoms with E-state index >= 15 is 0 Å². The predicted molar refractivity (Wildman–Crippen MR) is 114 cm³/mol. The molecule has 3 amide bonds. The molecule has 156 valence electrons. The quantitative estimate of drug-likeness (QED) is 0.649. The maximum atomic E-state index is 13.9. The number of aromatic nitrogens is 1. The van der Waals surface area contributed by atoms with E-state index in [4.69, 9.17) is 11.5 Å². The second kappa shape index (κ2) is 7.98. The minimum absolute atomic E-state index is 0.187. The van der Waals surface area contributed by atoms with Crippen LogP contribution in [0.5, 0.6) is 0 Å². The molecule has 30 heavy (non-hydrogen) atoms. The van der Waals surface area contributed by atoms with Gasteiger partial charge in [0.25, 0.3) is 0 Å². The highest BCUT2D eigenvalue weighted by atomic mass is 32.2. The largest absolute Gasteiger partial charge is 0.398 e. The van der Waals surface area contributed by atoms with Crippen LogP contribution in [0.2, 0.25) is 0 Å². The molecule has 0 radical (unpaired) electrons. The molecular weight excluding hydrogens is 405 g/mol. The fraction of sp³-hybridized carbons (Fsp3) is 0.286. The van der Waals surface area contributed by atoms with E-state index in [1.807, 2.05) is 12.1 Å². The van der Waals surface area contributed by atoms with Crippen molar-refractivity contribution >= 4 is 29.4 Å². The lowest BCUT2D eigenvalue weighted by molar-refractivity contribution is -0.120. The Morgan fingerprint density at radius 3 is 2.90 bits per heavy atom. The molecule has 4 rings (SSSR count). The lowest BCUT2D eigenvalue weighted by atomic mass is 9.87. The number of nitrogens with zero attached hydrogens (tertiary/aromatic N) is 2. The fourth-order valence-electron chi connectivity index (χ4n) is 3.88. The van der Waals surface area contributed by atoms with E-state index in [0.717, 1.165) is 16.0 Å². The Morgan fingerprint density at radius 2 is 2.17 bits per heavy atom. The van der Waals surface area contributed by atoms with Crippen LogP contribution in [-0.4, -0.2) is 34.9 Å². The Bertz CT molecular complexity index is 1030. The molecular formula is C21H22FN5O2S. The van der Waals surface area contributed by atoms with Crippen LogP contribution in [0, 0.1) is 5.82 Å². The van der Waals surface area contributed by atoms with E-state index in [0.29, 0.717) is 43.7 Å². The Balaban J connectivity index is 1.49. The van der Waals surface area contributed by atoms with E-state index in [2.05, 4.69) is 10.3 Å². The Kier molecular flexibility index (Phi) is 5.38. The number of rotatable bonds is 4. The number of hydrogen-bond acceptors (Lipinski definition) is 5. The number of urea groups is 1. The number of benzene rings is 1. The highest BCUT2D eigenvalue weighted by molar-refractivity contribution is 8.05. The first-order valence-corrected chi connectivity index (χ1v) is 10.4. The molecule has 0 saturated carbocycles. The lowest BCUT2D eigenvalue weighted by Gasteiger charge is -2.28. The van der Waals surface area contributed by atoms with Crippen LogP contribution < -0.4 is 16.8 Å². The van der Waals surface area contributed by atoms with Gasteiger partial charge >= 0.3 is 6.03 Å². The summed E-state index contributed by atoms with van der Waals surface area (Å²) in [6.07, 6.45) is 4.39. The average molecular weight is 428 g/mol. The molecule has 2 aromatic rings. The van der Waals surface area contributed by atoms with Gasteiger partial charge in [-0.25, -0.2) is 9.18 Å². The standard InChI is InChI=1S/C21H22FN5O2S/c22-15-3-4-17(23)16(8-15)21(19(24)28)9-14-5-7-27(12-18(14)30-21)20(29)26-11-13-2-1-6-25-10-13/h1-4,6,8,10H,5,7,9,11-12,23H2,(H2,24,28)(H,26,29). The fourth-order valence-corrected chi connectivity index (χ4v) is 5.47. The number of hydrogen-bond donors (Lipinski definition) is 3. The number of primary amides is 1. The normalized spacial score (nSPS) is 20.8. The maximum Gasteiger partial charge on any atom is 0.317 e. The van der Waals surface area contributed by atoms with E-state index in [9.17, 15) is 14.0 Å². The molecule has 1 unspecified atom stereocenters. The summed E-state index contributed by atoms with van der Waals surface area (Å²) >= 11 is 1.29. The molecule has 0 saturated heterocycles. The molecule has 1 atom stereocenters. The molecule has 3 heterocycles. The predicted octanol–water partition coefficient (Wildman–Crippen LogP) is 2.49. The van der Waals surface area contributed by atoms with Crippen molar-refractivity contribution in [3.8, 4) is 0 Å². The smallest absolute Gasteiger partial charge is 0.317 e. The van der Waals surface area contributed by atoms with Crippen molar-refractivity contribution in [1.82, 2.24) is 15.2 Å². The molecule has 0 spiro atoms. The molecule has 0 aliphatic carbocycles. The van der Waals surface area contributed by atoms with Gasteiger partial charge in [0.05, 0.1) is 6.54 Å². The Hall–Kier alpha value is -3.07. The summed E-state index contributed by atoms with van der Waals surface area (Å²) in [6.45, 7) is 1.29. The third-order valence-corrected chi connectivity index (χ3v) is 7.05. The number of nitrogens with two attached hydrogens (primary N) is 2. The molecule has 2 aliphatic heterocycles. The van der Waals surface area contributed by atoms with Crippen LogP contribution in [-0.2, 0) is 16.1 Å². The summed E-state index contributed by atoms with van der Waals surface area (Å²) in [7, 11) is 0. The van der Waals surface area contributed by atoms with Gasteiger partial charge in [-0.2, -0.15) is 0 Å². The van der Waals surface area contributed by atoms with Gasteiger partial charge in [-0.05, 0) is 42.7 Å². The zero-order chi connectivity index (χ0) is 21.3. The van der Waals surface area contributed by atoms with Gasteiger partial charge in [-0.15, -0.1) is 11.8 Å². The van der Waals surface area contributed by atoms with Gasteiger partial charge in [-0.3, -0.25) is 9.78 Å². The average Bonchev–Trinajstić information content (AvgIpc) is 3.14. The number of nitrogens with one attached hydrogen (secondary N) is 1. The molecule has 0 bridgehead atoms. The van der Waals surface area contributed by atoms with Gasteiger partial charge in [-0.1, -0.05) is 11.6 Å². The van der Waals surface area contributed by atoms with E-state index in [-0.39, 0.29) is 6.03 Å². The van der Waals surface area contributed by atoms with Gasteiger partial charge in [0, 0.05) is 41.6 Å². The van der Waals surface area contributed by atoms with Crippen molar-refractivity contribution < 1.29 is 14.0 Å². The zero-order valence-electron chi connectivity index (χ0n) is 16.2. The molecule has 9 heteroatoms. The monoisotopic (exact) mass is 427 g/mol. The summed E-state index contributed by atoms with van der Waals surface area (Å²) in [4.78, 5) is 31.8. The van der Waals surface area contributed by atoms with E-state index in [1.165, 1.54) is 30.0 Å². The first-order chi connectivity index (χ1) is 14.4. The minimum atomic E-state index is -1.15. The number of amides is 3. The summed E-state index contributed by atoms with van der Waals surface area (Å²) in [5, 5.41) is 2.89. The molecule has 5 N–H and O–H groups in total. The highest BCUT2D eigenvalue weighted by Crippen LogP contribution is 2.55. The van der Waals surface area contributed by atoms with Crippen LogP contribution in [0.4, 0.5) is 14.9 Å². The minimum Gasteiger partial charge on any atom is -0.398 e. The number of carbonyl (C=O) groups is 2. The first kappa shape index (κ1) is 20.2. The van der Waals surface area contributed by atoms with Crippen LogP contribution in [0.25, 0.3) is 0 Å². The number of pyridine rings is 1. The summed E-state index contributed by atoms with van der Waals surface area (Å²) in [5.41, 5.74) is 14.5. The topological polar surface area (TPSA) is 114 Å². The van der Waals surface area contributed by atoms with Gasteiger partial charge in [0.15, 0.2) is 0 Å². The molecule has 0 fully saturated rings. The third kappa shape index (κ3) is 3.72. The molecule has 7 nitrogen and oxygen atoms in total. The van der Waals surface area contributed by atoms with E-state index < -0.39 is 16.5 Å². The summed E-state index contributed by atoms with van der Waals surface area (Å²) in [5.74, 6) is -1.03. The number of carbonyl (C=O) groups excluding carboxylic acids is 2. The lowest BCUT2D eigenvalue weighted by Crippen LogP contribution is -2.42. The molecule has 1 aromatic carbocycles. The highest BCUT2D eigenvalue weighted by Gasteiger charge is 2.48. The van der Waals surface area contributed by atoms with Crippen LogP contribution in [0.15, 0.2) is 53.2 Å². The second-order valence-electron chi connectivity index (χ2n) is 7.42. The van der Waals surface area contributed by atoms with Gasteiger partial charge in [0.2, 0.25) is 5.91 Å². The first-order valence-electron chi connectivity index (χ1n) is 9.56. The number of nitrogen functional groups attached to an aromatic ring is 1. The SMILES string of the molecule is NC(=O)C1(c2cc(F)ccc2N)CC2=C(CN(C(=O)NCc3cccnc3)CC2)S1. The van der Waals surface area contributed by atoms with Gasteiger partial charge in [0.1, 0.15) is 10.6 Å². The maximum absolute atomic E-state index is 13.9. The zero-order valence-corrected chi connectivity index (χ0v) is 17.0. The number of thioether (sulfide) groups is 1. The van der Waals surface area contributed by atoms with Crippen molar-refractivity contribution in [2.75, 3.05) is 18.8 Å². The summed E-state index contributed by atoms with van der Waals surface area (Å²) in [6, 6.07) is 7.51.